The molecular weight excluding hydrogens is 326 g/mol. The molecule has 2 N–H and O–H groups in total. The summed E-state index contributed by atoms with van der Waals surface area (Å²) in [5, 5.41) is 5.15. The van der Waals surface area contributed by atoms with Crippen molar-refractivity contribution in [2.24, 2.45) is 0 Å². The smallest absolute Gasteiger partial charge is 0.327 e. The van der Waals surface area contributed by atoms with Gasteiger partial charge in [0.25, 0.3) is 11.8 Å². The number of carbonyl (C=O) groups excluding carboxylic acids is 4. The minimum Gasteiger partial charge on any atom is -0.451 e. The first kappa shape index (κ1) is 18.4. The maximum atomic E-state index is 12.2. The van der Waals surface area contributed by atoms with Gasteiger partial charge in [0, 0.05) is 5.69 Å². The van der Waals surface area contributed by atoms with Crippen molar-refractivity contribution in [1.82, 2.24) is 10.2 Å². The first-order valence-electron chi connectivity index (χ1n) is 7.96. The van der Waals surface area contributed by atoms with E-state index in [0.29, 0.717) is 12.1 Å². The molecule has 0 radical (unpaired) electrons. The van der Waals surface area contributed by atoms with E-state index in [1.165, 1.54) is 6.92 Å². The van der Waals surface area contributed by atoms with Crippen molar-refractivity contribution >= 4 is 29.5 Å². The zero-order valence-electron chi connectivity index (χ0n) is 14.4. The quantitative estimate of drug-likeness (QED) is 0.596. The lowest BCUT2D eigenvalue weighted by Crippen LogP contribution is -2.44. The maximum Gasteiger partial charge on any atom is 0.327 e. The summed E-state index contributed by atoms with van der Waals surface area (Å²) in [6.45, 7) is 4.23. The Kier molecular flexibility index (Phi) is 5.41. The van der Waals surface area contributed by atoms with Crippen LogP contribution in [0.3, 0.4) is 0 Å². The summed E-state index contributed by atoms with van der Waals surface area (Å²) in [6, 6.07) is 8.08. The van der Waals surface area contributed by atoms with Gasteiger partial charge in [-0.05, 0) is 32.4 Å². The molecule has 8 heteroatoms. The predicted molar refractivity (Wildman–Crippen MR) is 89.6 cm³/mol. The molecular formula is C17H21N3O5. The van der Waals surface area contributed by atoms with Crippen molar-refractivity contribution in [3.63, 3.8) is 0 Å². The average Bonchev–Trinajstić information content (AvgIpc) is 2.79. The number of rotatable bonds is 6. The van der Waals surface area contributed by atoms with E-state index >= 15 is 0 Å². The van der Waals surface area contributed by atoms with Gasteiger partial charge in [-0.1, -0.05) is 25.1 Å². The number of esters is 1. The molecule has 2 atom stereocenters. The molecule has 4 amide bonds. The number of amides is 4. The molecule has 1 aromatic rings. The van der Waals surface area contributed by atoms with Crippen molar-refractivity contribution in [1.29, 1.82) is 0 Å². The summed E-state index contributed by atoms with van der Waals surface area (Å²) in [6.07, 6.45) is -0.662. The zero-order chi connectivity index (χ0) is 18.6. The Labute approximate surface area is 145 Å². The van der Waals surface area contributed by atoms with Gasteiger partial charge in [0.15, 0.2) is 6.10 Å². The summed E-state index contributed by atoms with van der Waals surface area (Å²) in [4.78, 5) is 48.9. The molecule has 0 aromatic heterocycles. The van der Waals surface area contributed by atoms with E-state index in [2.05, 4.69) is 10.6 Å². The van der Waals surface area contributed by atoms with Crippen LogP contribution in [-0.2, 0) is 19.1 Å². The van der Waals surface area contributed by atoms with Gasteiger partial charge >= 0.3 is 12.0 Å². The number of hydrogen-bond donors (Lipinski definition) is 2. The molecule has 2 rings (SSSR count). The second-order valence-electron chi connectivity index (χ2n) is 5.99. The molecule has 1 aliphatic heterocycles. The number of urea groups is 1. The van der Waals surface area contributed by atoms with Crippen LogP contribution in [0, 0.1) is 0 Å². The van der Waals surface area contributed by atoms with Gasteiger partial charge in [0.1, 0.15) is 12.1 Å². The second-order valence-corrected chi connectivity index (χ2v) is 5.99. The van der Waals surface area contributed by atoms with Gasteiger partial charge in [-0.15, -0.1) is 0 Å². The molecule has 1 saturated heterocycles. The third kappa shape index (κ3) is 4.14. The Bertz CT molecular complexity index is 691. The van der Waals surface area contributed by atoms with E-state index in [4.69, 9.17) is 4.74 Å². The molecule has 1 fully saturated rings. The fourth-order valence-electron chi connectivity index (χ4n) is 2.31. The second kappa shape index (κ2) is 7.33. The molecule has 1 heterocycles. The van der Waals surface area contributed by atoms with Crippen LogP contribution in [0.2, 0.25) is 0 Å². The normalized spacial score (nSPS) is 20.8. The lowest BCUT2D eigenvalue weighted by molar-refractivity contribution is -0.155. The van der Waals surface area contributed by atoms with Crippen LogP contribution < -0.4 is 10.6 Å². The number of nitrogens with one attached hydrogen (secondary N) is 2. The lowest BCUT2D eigenvalue weighted by atomic mass is 9.99. The van der Waals surface area contributed by atoms with Crippen molar-refractivity contribution in [2.45, 2.75) is 38.8 Å². The van der Waals surface area contributed by atoms with E-state index in [9.17, 15) is 19.2 Å². The van der Waals surface area contributed by atoms with Crippen LogP contribution in [0.25, 0.3) is 0 Å². The number of ether oxygens (including phenoxy) is 1. The number of carbonyl (C=O) groups is 4. The highest BCUT2D eigenvalue weighted by Crippen LogP contribution is 2.20. The SMILES string of the molecule is CC[C@]1(C)NC(=O)N(CC(=O)O[C@H](C)C(=O)Nc2ccccc2)C1=O. The Morgan fingerprint density at radius 3 is 2.48 bits per heavy atom. The number of nitrogens with zero attached hydrogens (tertiary/aromatic N) is 1. The predicted octanol–water partition coefficient (Wildman–Crippen LogP) is 1.28. The largest absolute Gasteiger partial charge is 0.451 e. The summed E-state index contributed by atoms with van der Waals surface area (Å²) >= 11 is 0. The van der Waals surface area contributed by atoms with Gasteiger partial charge < -0.3 is 15.4 Å². The van der Waals surface area contributed by atoms with Gasteiger partial charge in [0.2, 0.25) is 0 Å². The summed E-state index contributed by atoms with van der Waals surface area (Å²) < 4.78 is 5.02. The first-order chi connectivity index (χ1) is 11.8. The lowest BCUT2D eigenvalue weighted by Gasteiger charge is -2.19. The number of anilines is 1. The molecule has 0 saturated carbocycles. The van der Waals surface area contributed by atoms with Crippen LogP contribution >= 0.6 is 0 Å². The van der Waals surface area contributed by atoms with E-state index < -0.39 is 42.0 Å². The zero-order valence-corrected chi connectivity index (χ0v) is 14.4. The molecule has 0 spiro atoms. The molecule has 1 aliphatic rings. The van der Waals surface area contributed by atoms with Crippen molar-refractivity contribution in [3.05, 3.63) is 30.3 Å². The van der Waals surface area contributed by atoms with Gasteiger partial charge in [-0.3, -0.25) is 19.3 Å². The average molecular weight is 347 g/mol. The monoisotopic (exact) mass is 347 g/mol. The number of imide groups is 1. The highest BCUT2D eigenvalue weighted by Gasteiger charge is 2.47. The Balaban J connectivity index is 1.90. The third-order valence-electron chi connectivity index (χ3n) is 4.06. The molecule has 25 heavy (non-hydrogen) atoms. The molecule has 1 aromatic carbocycles. The van der Waals surface area contributed by atoms with Gasteiger partial charge in [-0.25, -0.2) is 4.79 Å². The van der Waals surface area contributed by atoms with Crippen LogP contribution in [0.1, 0.15) is 27.2 Å². The standard InChI is InChI=1S/C17H21N3O5/c1-4-17(3)15(23)20(16(24)19-17)10-13(21)25-11(2)14(22)18-12-8-6-5-7-9-12/h5-9,11H,4,10H2,1-3H3,(H,18,22)(H,19,24)/t11-,17+/m1/s1. The molecule has 134 valence electrons. The highest BCUT2D eigenvalue weighted by molar-refractivity contribution is 6.08. The van der Waals surface area contributed by atoms with Crippen molar-refractivity contribution in [3.8, 4) is 0 Å². The summed E-state index contributed by atoms with van der Waals surface area (Å²) in [5.41, 5.74) is -0.448. The molecule has 0 bridgehead atoms. The topological polar surface area (TPSA) is 105 Å². The number of para-hydroxylation sites is 1. The minimum atomic E-state index is -1.06. The van der Waals surface area contributed by atoms with E-state index in [1.807, 2.05) is 0 Å². The number of benzene rings is 1. The summed E-state index contributed by atoms with van der Waals surface area (Å²) in [7, 11) is 0. The molecule has 8 nitrogen and oxygen atoms in total. The van der Waals surface area contributed by atoms with Crippen molar-refractivity contribution in [2.75, 3.05) is 11.9 Å². The fraction of sp³-hybridized carbons (Fsp3) is 0.412. The molecule has 0 unspecified atom stereocenters. The molecule has 0 aliphatic carbocycles. The van der Waals surface area contributed by atoms with Crippen LogP contribution in [0.4, 0.5) is 10.5 Å². The Morgan fingerprint density at radius 2 is 1.92 bits per heavy atom. The van der Waals surface area contributed by atoms with Crippen LogP contribution in [0.5, 0.6) is 0 Å². The minimum absolute atomic E-state index is 0.402. The van der Waals surface area contributed by atoms with E-state index in [1.54, 1.807) is 44.2 Å². The Morgan fingerprint density at radius 1 is 1.28 bits per heavy atom. The number of hydrogen-bond acceptors (Lipinski definition) is 5. The van der Waals surface area contributed by atoms with E-state index in [0.717, 1.165) is 4.90 Å². The van der Waals surface area contributed by atoms with E-state index in [-0.39, 0.29) is 0 Å². The summed E-state index contributed by atoms with van der Waals surface area (Å²) in [5.74, 6) is -1.83. The highest BCUT2D eigenvalue weighted by atomic mass is 16.5. The van der Waals surface area contributed by atoms with Gasteiger partial charge in [0.05, 0.1) is 0 Å². The van der Waals surface area contributed by atoms with Crippen LogP contribution in [0.15, 0.2) is 30.3 Å². The first-order valence-corrected chi connectivity index (χ1v) is 7.96. The Hall–Kier alpha value is -2.90. The van der Waals surface area contributed by atoms with Crippen LogP contribution in [-0.4, -0.2) is 46.9 Å². The van der Waals surface area contributed by atoms with Gasteiger partial charge in [-0.2, -0.15) is 0 Å². The van der Waals surface area contributed by atoms with Crippen molar-refractivity contribution < 1.29 is 23.9 Å². The fourth-order valence-corrected chi connectivity index (χ4v) is 2.31. The third-order valence-corrected chi connectivity index (χ3v) is 4.06. The maximum absolute atomic E-state index is 12.2.